The van der Waals surface area contributed by atoms with Gasteiger partial charge in [-0.3, -0.25) is 18.9 Å². The van der Waals surface area contributed by atoms with E-state index in [1.165, 1.54) is 0 Å². The molecule has 0 fully saturated rings. The largest absolute Gasteiger partial charge is 0.481 e. The highest BCUT2D eigenvalue weighted by Crippen LogP contribution is 2.36. The van der Waals surface area contributed by atoms with Crippen molar-refractivity contribution in [1.29, 1.82) is 0 Å². The highest BCUT2D eigenvalue weighted by molar-refractivity contribution is 7.51. The van der Waals surface area contributed by atoms with Gasteiger partial charge in [0.25, 0.3) is 0 Å². The molecular weight excluding hydrogens is 331 g/mol. The quantitative estimate of drug-likeness (QED) is 0.243. The molecule has 134 valence electrons. The van der Waals surface area contributed by atoms with Gasteiger partial charge < -0.3 is 24.7 Å². The summed E-state index contributed by atoms with van der Waals surface area (Å²) in [6.45, 7) is 3.19. The zero-order valence-corrected chi connectivity index (χ0v) is 14.0. The Morgan fingerprint density at radius 3 is 2.09 bits per heavy atom. The Kier molecular flexibility index (Phi) is 8.44. The van der Waals surface area contributed by atoms with Gasteiger partial charge in [-0.15, -0.1) is 0 Å². The Morgan fingerprint density at radius 1 is 1.09 bits per heavy atom. The van der Waals surface area contributed by atoms with Crippen LogP contribution >= 0.6 is 7.60 Å². The fourth-order valence-corrected chi connectivity index (χ4v) is 2.56. The van der Waals surface area contributed by atoms with Crippen LogP contribution in [0.15, 0.2) is 0 Å². The second-order valence-electron chi connectivity index (χ2n) is 5.92. The molecule has 0 aromatic carbocycles. The monoisotopic (exact) mass is 354 g/mol. The molecule has 1 atom stereocenters. The van der Waals surface area contributed by atoms with E-state index in [0.29, 0.717) is 12.8 Å². The molecule has 10 heteroatoms. The number of ether oxygens (including phenoxy) is 1. The first-order valence-corrected chi connectivity index (χ1v) is 8.83. The predicted molar refractivity (Wildman–Crippen MR) is 78.9 cm³/mol. The van der Waals surface area contributed by atoms with Crippen LogP contribution < -0.4 is 0 Å². The summed E-state index contributed by atoms with van der Waals surface area (Å²) < 4.78 is 15.9. The van der Waals surface area contributed by atoms with Crippen molar-refractivity contribution < 1.29 is 43.7 Å². The number of esters is 1. The van der Waals surface area contributed by atoms with Crippen LogP contribution in [-0.2, 0) is 23.7 Å². The number of hydrogen-bond donors (Lipinski definition) is 4. The van der Waals surface area contributed by atoms with Gasteiger partial charge in [0.15, 0.2) is 0 Å². The lowest BCUT2D eigenvalue weighted by Gasteiger charge is -2.25. The van der Waals surface area contributed by atoms with E-state index in [-0.39, 0.29) is 12.6 Å². The topological polar surface area (TPSA) is 158 Å². The number of unbranched alkanes of at least 4 members (excludes halogenated alkanes) is 1. The van der Waals surface area contributed by atoms with E-state index in [1.807, 2.05) is 0 Å². The lowest BCUT2D eigenvalue weighted by Crippen LogP contribution is -2.30. The van der Waals surface area contributed by atoms with Crippen molar-refractivity contribution in [2.75, 3.05) is 6.16 Å². The van der Waals surface area contributed by atoms with E-state index in [2.05, 4.69) is 0 Å². The summed E-state index contributed by atoms with van der Waals surface area (Å²) in [4.78, 5) is 50.7. The van der Waals surface area contributed by atoms with E-state index in [9.17, 15) is 18.9 Å². The zero-order chi connectivity index (χ0) is 18.3. The standard InChI is InChI=1S/C13H23O9P/c1-13(2,5-3-4-6-23(19,20)21)22-11(16)8-9(12(17)18)7-10(14)15/h9H,3-8H2,1-2H3,(H,14,15)(H,17,18)(H2,19,20,21). The van der Waals surface area contributed by atoms with Gasteiger partial charge >= 0.3 is 25.5 Å². The first-order chi connectivity index (χ1) is 10.3. The number of aliphatic carboxylic acids is 2. The number of rotatable bonds is 11. The molecule has 0 heterocycles. The summed E-state index contributed by atoms with van der Waals surface area (Å²) in [7, 11) is -4.05. The number of carbonyl (C=O) groups excluding carboxylic acids is 1. The van der Waals surface area contributed by atoms with Gasteiger partial charge in [-0.2, -0.15) is 0 Å². The highest BCUT2D eigenvalue weighted by Gasteiger charge is 2.29. The molecule has 0 aliphatic rings. The van der Waals surface area contributed by atoms with Gasteiger partial charge in [0.05, 0.1) is 18.8 Å². The summed E-state index contributed by atoms with van der Waals surface area (Å²) in [5.41, 5.74) is -0.932. The summed E-state index contributed by atoms with van der Waals surface area (Å²) in [6.07, 6.45) is -0.447. The number of carbonyl (C=O) groups is 3. The van der Waals surface area contributed by atoms with Crippen LogP contribution in [0, 0.1) is 5.92 Å². The van der Waals surface area contributed by atoms with Crippen molar-refractivity contribution in [2.24, 2.45) is 5.92 Å². The van der Waals surface area contributed by atoms with Crippen molar-refractivity contribution >= 4 is 25.5 Å². The van der Waals surface area contributed by atoms with Gasteiger partial charge in [0.1, 0.15) is 5.60 Å². The minimum Gasteiger partial charge on any atom is -0.481 e. The van der Waals surface area contributed by atoms with Crippen LogP contribution in [0.4, 0.5) is 0 Å². The molecule has 0 aromatic heterocycles. The minimum atomic E-state index is -4.05. The third-order valence-electron chi connectivity index (χ3n) is 3.05. The maximum atomic E-state index is 11.7. The minimum absolute atomic E-state index is 0.253. The molecule has 9 nitrogen and oxygen atoms in total. The molecule has 0 bridgehead atoms. The summed E-state index contributed by atoms with van der Waals surface area (Å²) >= 11 is 0. The van der Waals surface area contributed by atoms with Crippen molar-refractivity contribution in [3.63, 3.8) is 0 Å². The molecule has 4 N–H and O–H groups in total. The third-order valence-corrected chi connectivity index (χ3v) is 3.95. The van der Waals surface area contributed by atoms with Crippen LogP contribution in [0.3, 0.4) is 0 Å². The third kappa shape index (κ3) is 11.7. The van der Waals surface area contributed by atoms with Crippen molar-refractivity contribution in [3.05, 3.63) is 0 Å². The average Bonchev–Trinajstić information content (AvgIpc) is 2.31. The molecule has 0 spiro atoms. The van der Waals surface area contributed by atoms with Crippen LogP contribution in [0.2, 0.25) is 0 Å². The highest BCUT2D eigenvalue weighted by atomic mass is 31.2. The molecule has 0 aromatic rings. The average molecular weight is 354 g/mol. The Labute approximate surface area is 133 Å². The molecule has 23 heavy (non-hydrogen) atoms. The number of carboxylic acid groups (broad SMARTS) is 2. The van der Waals surface area contributed by atoms with Gasteiger partial charge in [0.2, 0.25) is 0 Å². The molecule has 0 amide bonds. The van der Waals surface area contributed by atoms with Gasteiger partial charge in [-0.05, 0) is 33.1 Å². The maximum absolute atomic E-state index is 11.7. The Hall–Kier alpha value is -1.44. The van der Waals surface area contributed by atoms with Crippen LogP contribution in [-0.4, -0.2) is 49.7 Å². The number of hydrogen-bond acceptors (Lipinski definition) is 5. The zero-order valence-electron chi connectivity index (χ0n) is 13.1. The van der Waals surface area contributed by atoms with Crippen LogP contribution in [0.5, 0.6) is 0 Å². The fourth-order valence-electron chi connectivity index (χ4n) is 1.93. The fraction of sp³-hybridized carbons (Fsp3) is 0.769. The normalized spacial score (nSPS) is 13.4. The molecule has 0 saturated carbocycles. The second-order valence-corrected chi connectivity index (χ2v) is 7.69. The first-order valence-electron chi connectivity index (χ1n) is 7.03. The van der Waals surface area contributed by atoms with Crippen molar-refractivity contribution in [2.45, 2.75) is 51.6 Å². The van der Waals surface area contributed by atoms with E-state index in [1.54, 1.807) is 13.8 Å². The van der Waals surface area contributed by atoms with Crippen molar-refractivity contribution in [1.82, 2.24) is 0 Å². The lowest BCUT2D eigenvalue weighted by molar-refractivity contribution is -0.162. The van der Waals surface area contributed by atoms with E-state index < -0.39 is 49.9 Å². The van der Waals surface area contributed by atoms with E-state index in [0.717, 1.165) is 0 Å². The Bertz CT molecular complexity index is 480. The van der Waals surface area contributed by atoms with E-state index in [4.69, 9.17) is 24.7 Å². The van der Waals surface area contributed by atoms with Crippen molar-refractivity contribution in [3.8, 4) is 0 Å². The molecule has 0 rings (SSSR count). The molecule has 1 unspecified atom stereocenters. The van der Waals surface area contributed by atoms with Gasteiger partial charge in [-0.25, -0.2) is 0 Å². The smallest absolute Gasteiger partial charge is 0.325 e. The van der Waals surface area contributed by atoms with Crippen LogP contribution in [0.25, 0.3) is 0 Å². The molecular formula is C13H23O9P. The second kappa shape index (κ2) is 9.00. The maximum Gasteiger partial charge on any atom is 0.325 e. The van der Waals surface area contributed by atoms with Gasteiger partial charge in [0, 0.05) is 6.16 Å². The SMILES string of the molecule is CC(C)(CCCCP(=O)(O)O)OC(=O)CC(CC(=O)O)C(=O)O. The summed E-state index contributed by atoms with van der Waals surface area (Å²) in [6, 6.07) is 0. The van der Waals surface area contributed by atoms with Gasteiger partial charge in [-0.1, -0.05) is 0 Å². The van der Waals surface area contributed by atoms with Crippen LogP contribution in [0.1, 0.15) is 46.0 Å². The summed E-state index contributed by atoms with van der Waals surface area (Å²) in [5, 5.41) is 17.5. The predicted octanol–water partition coefficient (Wildman–Crippen LogP) is 1.22. The number of carboxylic acids is 2. The molecule has 0 saturated heterocycles. The summed E-state index contributed by atoms with van der Waals surface area (Å²) in [5.74, 6) is -4.88. The van der Waals surface area contributed by atoms with E-state index >= 15 is 0 Å². The lowest BCUT2D eigenvalue weighted by atomic mass is 9.99. The molecule has 0 aliphatic heterocycles. The first kappa shape index (κ1) is 21.6. The Balaban J connectivity index is 4.36. The molecule has 0 radical (unpaired) electrons. The Morgan fingerprint density at radius 2 is 1.65 bits per heavy atom. The molecule has 0 aliphatic carbocycles.